The van der Waals surface area contributed by atoms with Gasteiger partial charge in [0.15, 0.2) is 0 Å². The summed E-state index contributed by atoms with van der Waals surface area (Å²) in [6.07, 6.45) is 1.25. The van der Waals surface area contributed by atoms with E-state index in [1.165, 1.54) is 10.9 Å². The fraction of sp³-hybridized carbons (Fsp3) is 0.444. The molecule has 0 radical (unpaired) electrons. The molecule has 1 atom stereocenters. The predicted octanol–water partition coefficient (Wildman–Crippen LogP) is 5.04. The van der Waals surface area contributed by atoms with Crippen LogP contribution in [0.2, 0.25) is 5.02 Å². The summed E-state index contributed by atoms with van der Waals surface area (Å²) < 4.78 is 20.3. The van der Waals surface area contributed by atoms with E-state index in [0.717, 1.165) is 28.7 Å². The molecule has 1 aliphatic heterocycles. The number of halogens is 2. The van der Waals surface area contributed by atoms with E-state index in [9.17, 15) is 13.8 Å². The zero-order valence-electron chi connectivity index (χ0n) is 22.0. The molecule has 4 rings (SSSR count). The Morgan fingerprint density at radius 1 is 1.11 bits per heavy atom. The largest absolute Gasteiger partial charge is 0.444 e. The monoisotopic (exact) mass is 622 g/mol. The van der Waals surface area contributed by atoms with Gasteiger partial charge in [0.2, 0.25) is 0 Å². The summed E-state index contributed by atoms with van der Waals surface area (Å²) in [5.74, 6) is 0.477. The first-order valence-electron chi connectivity index (χ1n) is 12.5. The number of benzene rings is 2. The van der Waals surface area contributed by atoms with E-state index in [0.29, 0.717) is 46.2 Å². The van der Waals surface area contributed by atoms with Crippen molar-refractivity contribution in [2.24, 2.45) is 0 Å². The SMILES string of the molecule is CCS(=O)c1ccc(Cl)cc1Cn1cnc2cc(CN3CCN(C(=O)OC(C)(C)C)CC3)c(Br)cc2c1=O. The van der Waals surface area contributed by atoms with Crippen molar-refractivity contribution in [1.82, 2.24) is 19.4 Å². The van der Waals surface area contributed by atoms with Crippen LogP contribution < -0.4 is 5.56 Å². The average molecular weight is 624 g/mol. The number of fused-ring (bicyclic) bond motifs is 1. The fourth-order valence-corrected chi connectivity index (χ4v) is 5.95. The predicted molar refractivity (Wildman–Crippen MR) is 154 cm³/mol. The van der Waals surface area contributed by atoms with Crippen LogP contribution in [-0.2, 0) is 28.6 Å². The number of ether oxygens (including phenoxy) is 1. The van der Waals surface area contributed by atoms with Gasteiger partial charge in [-0.05, 0) is 62.2 Å². The third-order valence-electron chi connectivity index (χ3n) is 6.28. The molecule has 1 aromatic heterocycles. The summed E-state index contributed by atoms with van der Waals surface area (Å²) >= 11 is 9.84. The van der Waals surface area contributed by atoms with Crippen molar-refractivity contribution in [2.45, 2.75) is 51.3 Å². The molecule has 11 heteroatoms. The van der Waals surface area contributed by atoms with Crippen molar-refractivity contribution in [1.29, 1.82) is 0 Å². The van der Waals surface area contributed by atoms with Gasteiger partial charge in [0.05, 0.1) is 34.6 Å². The molecule has 0 spiro atoms. The van der Waals surface area contributed by atoms with Crippen LogP contribution in [0.3, 0.4) is 0 Å². The van der Waals surface area contributed by atoms with Gasteiger partial charge in [-0.3, -0.25) is 18.5 Å². The molecular weight excluding hydrogens is 592 g/mol. The molecule has 0 N–H and O–H groups in total. The molecule has 1 fully saturated rings. The van der Waals surface area contributed by atoms with E-state index in [2.05, 4.69) is 25.8 Å². The number of aromatic nitrogens is 2. The number of hydrogen-bond acceptors (Lipinski definition) is 6. The van der Waals surface area contributed by atoms with Crippen molar-refractivity contribution < 1.29 is 13.7 Å². The van der Waals surface area contributed by atoms with E-state index in [-0.39, 0.29) is 18.2 Å². The lowest BCUT2D eigenvalue weighted by Crippen LogP contribution is -2.49. The van der Waals surface area contributed by atoms with E-state index >= 15 is 0 Å². The highest BCUT2D eigenvalue weighted by Crippen LogP contribution is 2.25. The highest BCUT2D eigenvalue weighted by Gasteiger charge is 2.26. The zero-order chi connectivity index (χ0) is 27.6. The fourth-order valence-electron chi connectivity index (χ4n) is 4.34. The van der Waals surface area contributed by atoms with Crippen LogP contribution in [-0.4, -0.2) is 67.2 Å². The van der Waals surface area contributed by atoms with Gasteiger partial charge in [0.25, 0.3) is 5.56 Å². The highest BCUT2D eigenvalue weighted by molar-refractivity contribution is 9.10. The Balaban J connectivity index is 1.50. The van der Waals surface area contributed by atoms with Crippen LogP contribution >= 0.6 is 27.5 Å². The van der Waals surface area contributed by atoms with Crippen LogP contribution in [0.1, 0.15) is 38.8 Å². The smallest absolute Gasteiger partial charge is 0.410 e. The molecule has 38 heavy (non-hydrogen) atoms. The lowest BCUT2D eigenvalue weighted by molar-refractivity contribution is 0.0139. The number of carbonyl (C=O) groups is 1. The van der Waals surface area contributed by atoms with E-state index in [1.54, 1.807) is 23.1 Å². The Bertz CT molecular complexity index is 1430. The Hall–Kier alpha value is -2.27. The van der Waals surface area contributed by atoms with Gasteiger partial charge in [-0.25, -0.2) is 9.78 Å². The second-order valence-corrected chi connectivity index (χ2v) is 13.3. The lowest BCUT2D eigenvalue weighted by Gasteiger charge is -2.35. The minimum Gasteiger partial charge on any atom is -0.444 e. The molecule has 0 aliphatic carbocycles. The normalized spacial score (nSPS) is 15.6. The van der Waals surface area contributed by atoms with Crippen molar-refractivity contribution >= 4 is 55.3 Å². The summed E-state index contributed by atoms with van der Waals surface area (Å²) in [7, 11) is -1.17. The molecular formula is C27H32BrClN4O4S. The zero-order valence-corrected chi connectivity index (χ0v) is 25.2. The number of rotatable bonds is 6. The highest BCUT2D eigenvalue weighted by atomic mass is 79.9. The van der Waals surface area contributed by atoms with Crippen molar-refractivity contribution in [3.63, 3.8) is 0 Å². The molecule has 1 unspecified atom stereocenters. The van der Waals surface area contributed by atoms with Gasteiger partial charge in [0, 0.05) is 52.9 Å². The van der Waals surface area contributed by atoms with Gasteiger partial charge >= 0.3 is 6.09 Å². The molecule has 3 aromatic rings. The summed E-state index contributed by atoms with van der Waals surface area (Å²) in [5, 5.41) is 1.02. The van der Waals surface area contributed by atoms with Gasteiger partial charge in [-0.1, -0.05) is 34.5 Å². The van der Waals surface area contributed by atoms with Crippen molar-refractivity contribution in [3.8, 4) is 0 Å². The Morgan fingerprint density at radius 2 is 1.82 bits per heavy atom. The quantitative estimate of drug-likeness (QED) is 0.383. The standard InChI is InChI=1S/C27H32BrClN4O4S/c1-5-38(36)24-7-6-20(29)12-19(24)16-33-17-30-23-13-18(22(28)14-21(23)25(33)34)15-31-8-10-32(11-9-31)26(35)37-27(2,3)4/h6-7,12-14,17H,5,8-11,15-16H2,1-4H3. The van der Waals surface area contributed by atoms with Crippen LogP contribution in [0.5, 0.6) is 0 Å². The van der Waals surface area contributed by atoms with E-state index in [4.69, 9.17) is 16.3 Å². The van der Waals surface area contributed by atoms with E-state index in [1.807, 2.05) is 39.8 Å². The number of carbonyl (C=O) groups excluding carboxylic acids is 1. The Labute approximate surface area is 238 Å². The van der Waals surface area contributed by atoms with Gasteiger partial charge in [0.1, 0.15) is 5.60 Å². The second-order valence-electron chi connectivity index (χ2n) is 10.3. The van der Waals surface area contributed by atoms with Gasteiger partial charge in [-0.2, -0.15) is 0 Å². The summed E-state index contributed by atoms with van der Waals surface area (Å²) in [6, 6.07) is 8.97. The minimum absolute atomic E-state index is 0.179. The molecule has 1 saturated heterocycles. The Morgan fingerprint density at radius 3 is 2.47 bits per heavy atom. The number of nitrogens with zero attached hydrogens (tertiary/aromatic N) is 4. The van der Waals surface area contributed by atoms with Crippen LogP contribution in [0.4, 0.5) is 4.79 Å². The third kappa shape index (κ3) is 6.83. The van der Waals surface area contributed by atoms with Gasteiger partial charge in [-0.15, -0.1) is 0 Å². The molecule has 1 amide bonds. The lowest BCUT2D eigenvalue weighted by atomic mass is 10.1. The first-order chi connectivity index (χ1) is 17.9. The maximum absolute atomic E-state index is 13.4. The average Bonchev–Trinajstić information content (AvgIpc) is 2.86. The van der Waals surface area contributed by atoms with Crippen LogP contribution in [0, 0.1) is 0 Å². The number of amides is 1. The Kier molecular flexibility index (Phi) is 8.96. The molecule has 0 saturated carbocycles. The maximum atomic E-state index is 13.4. The minimum atomic E-state index is -1.17. The van der Waals surface area contributed by atoms with E-state index < -0.39 is 16.4 Å². The molecule has 1 aliphatic rings. The second kappa shape index (κ2) is 11.9. The molecule has 8 nitrogen and oxygen atoms in total. The van der Waals surface area contributed by atoms with Crippen molar-refractivity contribution in [3.05, 3.63) is 67.6 Å². The van der Waals surface area contributed by atoms with Crippen molar-refractivity contribution in [2.75, 3.05) is 31.9 Å². The molecule has 204 valence electrons. The summed E-state index contributed by atoms with van der Waals surface area (Å²) in [5.41, 5.74) is 1.67. The molecule has 0 bridgehead atoms. The number of hydrogen-bond donors (Lipinski definition) is 0. The summed E-state index contributed by atoms with van der Waals surface area (Å²) in [4.78, 5) is 35.0. The van der Waals surface area contributed by atoms with Crippen LogP contribution in [0.15, 0.2) is 50.8 Å². The molecule has 2 heterocycles. The first-order valence-corrected chi connectivity index (χ1v) is 15.0. The maximum Gasteiger partial charge on any atom is 0.410 e. The topological polar surface area (TPSA) is 84.7 Å². The molecule has 2 aromatic carbocycles. The number of piperazine rings is 1. The first kappa shape index (κ1) is 28.7. The van der Waals surface area contributed by atoms with Gasteiger partial charge < -0.3 is 9.64 Å². The third-order valence-corrected chi connectivity index (χ3v) is 8.67. The summed E-state index contributed by atoms with van der Waals surface area (Å²) in [6.45, 7) is 11.0. The van der Waals surface area contributed by atoms with Crippen LogP contribution in [0.25, 0.3) is 10.9 Å².